The van der Waals surface area contributed by atoms with Gasteiger partial charge in [0.2, 0.25) is 0 Å². The van der Waals surface area contributed by atoms with Gasteiger partial charge in [0.1, 0.15) is 16.6 Å². The van der Waals surface area contributed by atoms with Gasteiger partial charge in [-0.15, -0.1) is 0 Å². The summed E-state index contributed by atoms with van der Waals surface area (Å²) in [5.74, 6) is 0.974. The summed E-state index contributed by atoms with van der Waals surface area (Å²) in [5.41, 5.74) is 8.36. The SMILES string of the molecule is COc1cc(Cl)nc(Nc2cccc(N(C)C)c2)c1N. The van der Waals surface area contributed by atoms with E-state index in [-0.39, 0.29) is 0 Å². The molecule has 0 unspecified atom stereocenters. The minimum atomic E-state index is 0.322. The Kier molecular flexibility index (Phi) is 4.20. The molecule has 0 saturated carbocycles. The molecule has 5 nitrogen and oxygen atoms in total. The topological polar surface area (TPSA) is 63.4 Å². The minimum absolute atomic E-state index is 0.322. The van der Waals surface area contributed by atoms with E-state index in [1.54, 1.807) is 13.2 Å². The van der Waals surface area contributed by atoms with Crippen molar-refractivity contribution in [2.24, 2.45) is 0 Å². The third-order valence-corrected chi connectivity index (χ3v) is 3.03. The number of hydrogen-bond donors (Lipinski definition) is 2. The van der Waals surface area contributed by atoms with Gasteiger partial charge in [0.15, 0.2) is 5.82 Å². The van der Waals surface area contributed by atoms with Crippen molar-refractivity contribution in [2.75, 3.05) is 37.2 Å². The molecule has 6 heteroatoms. The minimum Gasteiger partial charge on any atom is -0.494 e. The molecule has 0 atom stereocenters. The molecule has 1 heterocycles. The number of nitrogen functional groups attached to an aromatic ring is 1. The van der Waals surface area contributed by atoms with E-state index in [4.69, 9.17) is 22.1 Å². The quantitative estimate of drug-likeness (QED) is 0.848. The van der Waals surface area contributed by atoms with Gasteiger partial charge in [-0.25, -0.2) is 4.98 Å². The van der Waals surface area contributed by atoms with Crippen LogP contribution in [0.5, 0.6) is 5.75 Å². The lowest BCUT2D eigenvalue weighted by molar-refractivity contribution is 0.417. The highest BCUT2D eigenvalue weighted by molar-refractivity contribution is 6.29. The van der Waals surface area contributed by atoms with Crippen LogP contribution in [0.25, 0.3) is 0 Å². The Hall–Kier alpha value is -2.14. The van der Waals surface area contributed by atoms with Crippen LogP contribution in [0.15, 0.2) is 30.3 Å². The maximum absolute atomic E-state index is 5.99. The number of rotatable bonds is 4. The predicted octanol–water partition coefficient (Wildman–Crippen LogP) is 3.14. The Morgan fingerprint density at radius 3 is 2.70 bits per heavy atom. The fourth-order valence-electron chi connectivity index (χ4n) is 1.76. The fourth-order valence-corrected chi connectivity index (χ4v) is 1.95. The van der Waals surface area contributed by atoms with Crippen LogP contribution >= 0.6 is 11.6 Å². The summed E-state index contributed by atoms with van der Waals surface area (Å²) in [7, 11) is 5.50. The number of benzene rings is 1. The first-order valence-corrected chi connectivity index (χ1v) is 6.43. The van der Waals surface area contributed by atoms with Gasteiger partial charge in [-0.05, 0) is 18.2 Å². The lowest BCUT2D eigenvalue weighted by Gasteiger charge is -2.15. The summed E-state index contributed by atoms with van der Waals surface area (Å²) in [6.45, 7) is 0. The van der Waals surface area contributed by atoms with E-state index in [1.807, 2.05) is 43.3 Å². The number of nitrogens with one attached hydrogen (secondary N) is 1. The zero-order valence-corrected chi connectivity index (χ0v) is 12.4. The molecule has 3 N–H and O–H groups in total. The molecular formula is C14H17ClN4O. The summed E-state index contributed by atoms with van der Waals surface area (Å²) >= 11 is 5.95. The van der Waals surface area contributed by atoms with Crippen LogP contribution in [0.4, 0.5) is 22.9 Å². The average Bonchev–Trinajstić information content (AvgIpc) is 2.42. The molecule has 2 aromatic rings. The van der Waals surface area contributed by atoms with Crippen LogP contribution in [-0.4, -0.2) is 26.2 Å². The monoisotopic (exact) mass is 292 g/mol. The van der Waals surface area contributed by atoms with Crippen LogP contribution < -0.4 is 20.7 Å². The first-order valence-electron chi connectivity index (χ1n) is 6.05. The van der Waals surface area contributed by atoms with Crippen molar-refractivity contribution in [1.82, 2.24) is 4.98 Å². The summed E-state index contributed by atoms with van der Waals surface area (Å²) in [4.78, 5) is 6.20. The van der Waals surface area contributed by atoms with E-state index < -0.39 is 0 Å². The van der Waals surface area contributed by atoms with Gasteiger partial charge in [0.25, 0.3) is 0 Å². The Labute approximate surface area is 123 Å². The van der Waals surface area contributed by atoms with E-state index in [2.05, 4.69) is 10.3 Å². The van der Waals surface area contributed by atoms with Crippen molar-refractivity contribution in [1.29, 1.82) is 0 Å². The smallest absolute Gasteiger partial charge is 0.159 e. The summed E-state index contributed by atoms with van der Waals surface area (Å²) in [5, 5.41) is 3.48. The molecule has 0 amide bonds. The van der Waals surface area contributed by atoms with Crippen LogP contribution in [0.2, 0.25) is 5.15 Å². The Bertz CT molecular complexity index is 616. The Morgan fingerprint density at radius 2 is 2.05 bits per heavy atom. The number of ether oxygens (including phenoxy) is 1. The highest BCUT2D eigenvalue weighted by Crippen LogP contribution is 2.32. The first kappa shape index (κ1) is 14.3. The van der Waals surface area contributed by atoms with Crippen molar-refractivity contribution in [3.8, 4) is 5.75 Å². The van der Waals surface area contributed by atoms with Gasteiger partial charge in [0.05, 0.1) is 7.11 Å². The molecule has 0 aliphatic heterocycles. The van der Waals surface area contributed by atoms with Crippen molar-refractivity contribution >= 4 is 34.5 Å². The molecule has 1 aromatic carbocycles. The molecule has 106 valence electrons. The molecule has 1 aromatic heterocycles. The van der Waals surface area contributed by atoms with Gasteiger partial charge in [-0.3, -0.25) is 0 Å². The molecule has 2 rings (SSSR count). The van der Waals surface area contributed by atoms with Crippen molar-refractivity contribution < 1.29 is 4.74 Å². The van der Waals surface area contributed by atoms with E-state index in [0.717, 1.165) is 11.4 Å². The van der Waals surface area contributed by atoms with Crippen molar-refractivity contribution in [3.05, 3.63) is 35.5 Å². The van der Waals surface area contributed by atoms with Crippen LogP contribution in [0, 0.1) is 0 Å². The fraction of sp³-hybridized carbons (Fsp3) is 0.214. The average molecular weight is 293 g/mol. The molecule has 0 aliphatic rings. The van der Waals surface area contributed by atoms with Crippen molar-refractivity contribution in [3.63, 3.8) is 0 Å². The first-order chi connectivity index (χ1) is 9.51. The zero-order chi connectivity index (χ0) is 14.7. The Morgan fingerprint density at radius 1 is 1.30 bits per heavy atom. The lowest BCUT2D eigenvalue weighted by Crippen LogP contribution is -2.09. The second-order valence-electron chi connectivity index (χ2n) is 4.48. The molecule has 0 fully saturated rings. The maximum Gasteiger partial charge on any atom is 0.159 e. The van der Waals surface area contributed by atoms with Gasteiger partial charge in [-0.2, -0.15) is 0 Å². The number of nitrogens with zero attached hydrogens (tertiary/aromatic N) is 2. The second kappa shape index (κ2) is 5.88. The molecule has 0 spiro atoms. The molecular weight excluding hydrogens is 276 g/mol. The van der Waals surface area contributed by atoms with Gasteiger partial charge >= 0.3 is 0 Å². The summed E-state index contributed by atoms with van der Waals surface area (Å²) in [6, 6.07) is 9.48. The summed E-state index contributed by atoms with van der Waals surface area (Å²) < 4.78 is 5.17. The van der Waals surface area contributed by atoms with E-state index >= 15 is 0 Å². The molecule has 20 heavy (non-hydrogen) atoms. The highest BCUT2D eigenvalue weighted by Gasteiger charge is 2.10. The van der Waals surface area contributed by atoms with E-state index in [0.29, 0.717) is 22.4 Å². The number of halogens is 1. The lowest BCUT2D eigenvalue weighted by atomic mass is 10.2. The third-order valence-electron chi connectivity index (χ3n) is 2.83. The van der Waals surface area contributed by atoms with Crippen LogP contribution in [-0.2, 0) is 0 Å². The predicted molar refractivity (Wildman–Crippen MR) is 84.3 cm³/mol. The number of methoxy groups -OCH3 is 1. The normalized spacial score (nSPS) is 10.2. The molecule has 0 saturated heterocycles. The standard InChI is InChI=1S/C14H17ClN4O/c1-19(2)10-6-4-5-9(7-10)17-14-13(16)11(20-3)8-12(15)18-14/h4-8H,16H2,1-3H3,(H,17,18). The number of aromatic nitrogens is 1. The number of hydrogen-bond acceptors (Lipinski definition) is 5. The number of pyridine rings is 1. The number of anilines is 4. The van der Waals surface area contributed by atoms with Gasteiger partial charge in [-0.1, -0.05) is 17.7 Å². The molecule has 0 bridgehead atoms. The van der Waals surface area contributed by atoms with E-state index in [9.17, 15) is 0 Å². The van der Waals surface area contributed by atoms with Crippen molar-refractivity contribution in [2.45, 2.75) is 0 Å². The third kappa shape index (κ3) is 3.05. The zero-order valence-electron chi connectivity index (χ0n) is 11.6. The van der Waals surface area contributed by atoms with Gasteiger partial charge in [0, 0.05) is 31.5 Å². The molecule has 0 radical (unpaired) electrons. The number of nitrogens with two attached hydrogens (primary N) is 1. The maximum atomic E-state index is 5.99. The summed E-state index contributed by atoms with van der Waals surface area (Å²) in [6.07, 6.45) is 0. The van der Waals surface area contributed by atoms with Crippen LogP contribution in [0.1, 0.15) is 0 Å². The van der Waals surface area contributed by atoms with Gasteiger partial charge < -0.3 is 20.7 Å². The van der Waals surface area contributed by atoms with Crippen LogP contribution in [0.3, 0.4) is 0 Å². The highest BCUT2D eigenvalue weighted by atomic mass is 35.5. The Balaban J connectivity index is 2.35. The second-order valence-corrected chi connectivity index (χ2v) is 4.87. The largest absolute Gasteiger partial charge is 0.494 e. The van der Waals surface area contributed by atoms with E-state index in [1.165, 1.54) is 0 Å². The molecule has 0 aliphatic carbocycles.